The van der Waals surface area contributed by atoms with Crippen molar-refractivity contribution in [2.45, 2.75) is 46.5 Å². The van der Waals surface area contributed by atoms with E-state index < -0.39 is 0 Å². The van der Waals surface area contributed by atoms with Crippen LogP contribution in [0.1, 0.15) is 60.9 Å². The molecule has 5 nitrogen and oxygen atoms in total. The van der Waals surface area contributed by atoms with E-state index in [-0.39, 0.29) is 11.3 Å². The molecule has 1 aromatic carbocycles. The van der Waals surface area contributed by atoms with Crippen molar-refractivity contribution in [3.63, 3.8) is 0 Å². The Morgan fingerprint density at radius 2 is 2.15 bits per heavy atom. The maximum absolute atomic E-state index is 12.5. The number of fused-ring (bicyclic) bond motifs is 1. The molecule has 1 aliphatic rings. The maximum atomic E-state index is 12.5. The van der Waals surface area contributed by atoms with Gasteiger partial charge in [0.25, 0.3) is 5.91 Å². The number of amides is 1. The topological polar surface area (TPSA) is 70.1 Å². The Kier molecular flexibility index (Phi) is 5.47. The van der Waals surface area contributed by atoms with E-state index in [1.165, 1.54) is 0 Å². The summed E-state index contributed by atoms with van der Waals surface area (Å²) < 4.78 is 0. The number of rotatable bonds is 5. The first-order valence-corrected chi connectivity index (χ1v) is 9.43. The minimum atomic E-state index is -0.275. The van der Waals surface area contributed by atoms with E-state index in [0.29, 0.717) is 16.6 Å². The molecule has 1 aromatic heterocycles. The Balaban J connectivity index is 1.70. The van der Waals surface area contributed by atoms with Crippen LogP contribution in [0.2, 0.25) is 5.02 Å². The predicted octanol–water partition coefficient (Wildman–Crippen LogP) is 4.37. The van der Waals surface area contributed by atoms with Gasteiger partial charge in [0, 0.05) is 16.3 Å². The molecule has 1 heterocycles. The molecule has 138 valence electrons. The van der Waals surface area contributed by atoms with E-state index in [1.54, 1.807) is 18.3 Å². The molecule has 0 fully saturated rings. The van der Waals surface area contributed by atoms with Crippen LogP contribution in [0.15, 0.2) is 29.4 Å². The first-order valence-electron chi connectivity index (χ1n) is 9.06. The van der Waals surface area contributed by atoms with Gasteiger partial charge in [-0.25, -0.2) is 5.43 Å². The van der Waals surface area contributed by atoms with Gasteiger partial charge in [-0.15, -0.1) is 0 Å². The van der Waals surface area contributed by atoms with Gasteiger partial charge in [-0.3, -0.25) is 9.89 Å². The van der Waals surface area contributed by atoms with Crippen LogP contribution in [0.25, 0.3) is 0 Å². The molecule has 6 heteroatoms. The second kappa shape index (κ2) is 7.62. The van der Waals surface area contributed by atoms with E-state index in [9.17, 15) is 4.79 Å². The van der Waals surface area contributed by atoms with Crippen LogP contribution in [-0.4, -0.2) is 22.3 Å². The lowest BCUT2D eigenvalue weighted by molar-refractivity contribution is 0.0947. The zero-order chi connectivity index (χ0) is 18.7. The van der Waals surface area contributed by atoms with Crippen LogP contribution >= 0.6 is 11.6 Å². The van der Waals surface area contributed by atoms with Crippen molar-refractivity contribution in [3.05, 3.63) is 51.8 Å². The molecule has 1 amide bonds. The highest BCUT2D eigenvalue weighted by Gasteiger charge is 2.34. The van der Waals surface area contributed by atoms with Crippen molar-refractivity contribution >= 4 is 23.7 Å². The first-order chi connectivity index (χ1) is 12.4. The number of carbonyl (C=O) groups excluding carboxylic acids is 1. The number of nitrogens with zero attached hydrogens (tertiary/aromatic N) is 2. The van der Waals surface area contributed by atoms with Gasteiger partial charge in [0.1, 0.15) is 0 Å². The summed E-state index contributed by atoms with van der Waals surface area (Å²) in [4.78, 5) is 12.5. The van der Waals surface area contributed by atoms with Gasteiger partial charge in [-0.1, -0.05) is 50.9 Å². The monoisotopic (exact) mass is 372 g/mol. The number of halogens is 1. The third kappa shape index (κ3) is 3.98. The van der Waals surface area contributed by atoms with Crippen LogP contribution in [0, 0.1) is 11.3 Å². The molecule has 0 radical (unpaired) electrons. The Labute approximate surface area is 159 Å². The first kappa shape index (κ1) is 18.6. The second-order valence-electron chi connectivity index (χ2n) is 7.56. The zero-order valence-electron chi connectivity index (χ0n) is 15.5. The summed E-state index contributed by atoms with van der Waals surface area (Å²) in [6.45, 7) is 6.84. The molecule has 26 heavy (non-hydrogen) atoms. The van der Waals surface area contributed by atoms with Gasteiger partial charge in [-0.2, -0.15) is 10.2 Å². The van der Waals surface area contributed by atoms with Gasteiger partial charge in [0.05, 0.1) is 6.21 Å². The number of hydrogen-bond acceptors (Lipinski definition) is 3. The summed E-state index contributed by atoms with van der Waals surface area (Å²) in [7, 11) is 0. The fourth-order valence-corrected chi connectivity index (χ4v) is 3.53. The standard InChI is InChI=1S/C20H25ClN4O/c1-4-20(2,3)14-7-10-17-16(11-14)18(24-23-17)19(26)25-22-12-13-5-8-15(21)9-6-13/h5-6,8-9,12,14H,4,7,10-11H2,1-3H3,(H,23,24)(H,25,26). The third-order valence-electron chi connectivity index (χ3n) is 5.63. The lowest BCUT2D eigenvalue weighted by Crippen LogP contribution is -2.30. The average Bonchev–Trinajstić information content (AvgIpc) is 3.06. The fraction of sp³-hybridized carbons (Fsp3) is 0.450. The van der Waals surface area contributed by atoms with Crippen molar-refractivity contribution in [2.24, 2.45) is 16.4 Å². The van der Waals surface area contributed by atoms with Gasteiger partial charge < -0.3 is 0 Å². The summed E-state index contributed by atoms with van der Waals surface area (Å²) in [6, 6.07) is 7.24. The molecule has 0 saturated carbocycles. The van der Waals surface area contributed by atoms with E-state index in [4.69, 9.17) is 11.6 Å². The summed E-state index contributed by atoms with van der Waals surface area (Å²) >= 11 is 5.86. The van der Waals surface area contributed by atoms with Crippen molar-refractivity contribution in [3.8, 4) is 0 Å². The normalized spacial score (nSPS) is 17.3. The van der Waals surface area contributed by atoms with Gasteiger partial charge >= 0.3 is 0 Å². The second-order valence-corrected chi connectivity index (χ2v) is 8.00. The molecule has 0 spiro atoms. The highest BCUT2D eigenvalue weighted by atomic mass is 35.5. The van der Waals surface area contributed by atoms with Crippen molar-refractivity contribution in [2.75, 3.05) is 0 Å². The molecule has 0 saturated heterocycles. The Morgan fingerprint density at radius 1 is 1.42 bits per heavy atom. The summed E-state index contributed by atoms with van der Waals surface area (Å²) in [5.74, 6) is 0.282. The van der Waals surface area contributed by atoms with E-state index in [1.807, 2.05) is 12.1 Å². The summed E-state index contributed by atoms with van der Waals surface area (Å²) in [5, 5.41) is 12.0. The van der Waals surface area contributed by atoms with E-state index in [2.05, 4.69) is 41.5 Å². The molecule has 3 rings (SSSR count). The van der Waals surface area contributed by atoms with Gasteiger partial charge in [0.15, 0.2) is 5.69 Å². The number of aromatic amines is 1. The number of carbonyl (C=O) groups is 1. The lowest BCUT2D eigenvalue weighted by atomic mass is 9.69. The smallest absolute Gasteiger partial charge is 0.281 e. The zero-order valence-corrected chi connectivity index (χ0v) is 16.2. The molecular weight excluding hydrogens is 348 g/mol. The van der Waals surface area contributed by atoms with Crippen LogP contribution in [0.4, 0.5) is 0 Å². The molecule has 1 unspecified atom stereocenters. The number of nitrogens with one attached hydrogen (secondary N) is 2. The molecule has 0 bridgehead atoms. The summed E-state index contributed by atoms with van der Waals surface area (Å²) in [5.41, 5.74) is 6.29. The highest BCUT2D eigenvalue weighted by Crippen LogP contribution is 2.40. The Morgan fingerprint density at radius 3 is 2.85 bits per heavy atom. The lowest BCUT2D eigenvalue weighted by Gasteiger charge is -2.36. The number of aromatic nitrogens is 2. The minimum absolute atomic E-state index is 0.259. The summed E-state index contributed by atoms with van der Waals surface area (Å²) in [6.07, 6.45) is 5.67. The fourth-order valence-electron chi connectivity index (χ4n) is 3.41. The Hall–Kier alpha value is -2.14. The number of H-pyrrole nitrogens is 1. The molecule has 2 N–H and O–H groups in total. The molecular formula is C20H25ClN4O. The van der Waals surface area contributed by atoms with E-state index in [0.717, 1.165) is 42.5 Å². The van der Waals surface area contributed by atoms with Crippen LogP contribution in [-0.2, 0) is 12.8 Å². The predicted molar refractivity (Wildman–Crippen MR) is 105 cm³/mol. The maximum Gasteiger partial charge on any atom is 0.292 e. The van der Waals surface area contributed by atoms with E-state index >= 15 is 0 Å². The largest absolute Gasteiger partial charge is 0.292 e. The average molecular weight is 373 g/mol. The number of hydrogen-bond donors (Lipinski definition) is 2. The number of benzene rings is 1. The molecule has 1 atom stereocenters. The quantitative estimate of drug-likeness (QED) is 0.604. The number of hydrazone groups is 1. The molecule has 2 aromatic rings. The van der Waals surface area contributed by atoms with Crippen LogP contribution < -0.4 is 5.43 Å². The van der Waals surface area contributed by atoms with Gasteiger partial charge in [0.2, 0.25) is 0 Å². The number of aryl methyl sites for hydroxylation is 1. The third-order valence-corrected chi connectivity index (χ3v) is 5.88. The SMILES string of the molecule is CCC(C)(C)C1CCc2[nH]nc(C(=O)NN=Cc3ccc(Cl)cc3)c2C1. The Bertz CT molecular complexity index is 808. The van der Waals surface area contributed by atoms with Crippen LogP contribution in [0.5, 0.6) is 0 Å². The minimum Gasteiger partial charge on any atom is -0.281 e. The molecule has 0 aliphatic heterocycles. The van der Waals surface area contributed by atoms with Gasteiger partial charge in [-0.05, 0) is 48.3 Å². The van der Waals surface area contributed by atoms with Crippen molar-refractivity contribution in [1.29, 1.82) is 0 Å². The van der Waals surface area contributed by atoms with Crippen molar-refractivity contribution < 1.29 is 4.79 Å². The van der Waals surface area contributed by atoms with Crippen molar-refractivity contribution in [1.82, 2.24) is 15.6 Å². The van der Waals surface area contributed by atoms with Crippen LogP contribution in [0.3, 0.4) is 0 Å². The molecule has 1 aliphatic carbocycles. The highest BCUT2D eigenvalue weighted by molar-refractivity contribution is 6.30.